The summed E-state index contributed by atoms with van der Waals surface area (Å²) in [5.74, 6) is 0.738. The van der Waals surface area contributed by atoms with Crippen molar-refractivity contribution in [3.8, 4) is 5.75 Å². The van der Waals surface area contributed by atoms with E-state index in [-0.39, 0.29) is 11.9 Å². The first kappa shape index (κ1) is 19.5. The van der Waals surface area contributed by atoms with Crippen molar-refractivity contribution in [2.75, 3.05) is 0 Å². The molecule has 0 aromatic heterocycles. The van der Waals surface area contributed by atoms with Gasteiger partial charge < -0.3 is 10.1 Å². The van der Waals surface area contributed by atoms with Crippen molar-refractivity contribution in [1.29, 1.82) is 0 Å². The second kappa shape index (κ2) is 8.60. The number of hydrogen-bond donors (Lipinski definition) is 1. The highest BCUT2D eigenvalue weighted by Gasteiger charge is 2.22. The number of aryl methyl sites for hydroxylation is 4. The van der Waals surface area contributed by atoms with Gasteiger partial charge in [0.15, 0.2) is 6.10 Å². The quantitative estimate of drug-likeness (QED) is 0.762. The first-order valence-corrected chi connectivity index (χ1v) is 10.1. The van der Waals surface area contributed by atoms with E-state index in [1.165, 1.54) is 36.0 Å². The van der Waals surface area contributed by atoms with Gasteiger partial charge in [0.2, 0.25) is 0 Å². The van der Waals surface area contributed by atoms with E-state index in [0.29, 0.717) is 6.42 Å². The summed E-state index contributed by atoms with van der Waals surface area (Å²) in [6.07, 6.45) is 5.03. The second-order valence-electron chi connectivity index (χ2n) is 7.75. The lowest BCUT2D eigenvalue weighted by atomic mass is 9.89. The molecule has 0 unspecified atom stereocenters. The molecule has 3 nitrogen and oxygen atoms in total. The third kappa shape index (κ3) is 4.71. The first-order valence-electron chi connectivity index (χ1n) is 10.1. The van der Waals surface area contributed by atoms with Crippen molar-refractivity contribution in [2.24, 2.45) is 0 Å². The first-order chi connectivity index (χ1) is 13.0. The van der Waals surface area contributed by atoms with Crippen LogP contribution in [0.3, 0.4) is 0 Å². The molecule has 0 saturated carbocycles. The molecule has 2 aromatic rings. The average Bonchev–Trinajstić information content (AvgIpc) is 2.68. The highest BCUT2D eigenvalue weighted by atomic mass is 16.5. The predicted octanol–water partition coefficient (Wildman–Crippen LogP) is 5.22. The van der Waals surface area contributed by atoms with Crippen LogP contribution in [0.15, 0.2) is 36.4 Å². The molecule has 2 atom stereocenters. The second-order valence-corrected chi connectivity index (χ2v) is 7.75. The molecule has 0 bridgehead atoms. The predicted molar refractivity (Wildman–Crippen MR) is 110 cm³/mol. The summed E-state index contributed by atoms with van der Waals surface area (Å²) in [6.45, 7) is 8.08. The largest absolute Gasteiger partial charge is 0.480 e. The number of benzene rings is 2. The summed E-state index contributed by atoms with van der Waals surface area (Å²) in [5.41, 5.74) is 6.26. The number of amides is 1. The van der Waals surface area contributed by atoms with Gasteiger partial charge in [-0.1, -0.05) is 37.3 Å². The van der Waals surface area contributed by atoms with Crippen molar-refractivity contribution in [2.45, 2.75) is 71.9 Å². The van der Waals surface area contributed by atoms with E-state index >= 15 is 0 Å². The fourth-order valence-corrected chi connectivity index (χ4v) is 3.72. The lowest BCUT2D eigenvalue weighted by Gasteiger charge is -2.23. The maximum absolute atomic E-state index is 12.8. The molecule has 0 spiro atoms. The Hall–Kier alpha value is -2.29. The molecule has 0 fully saturated rings. The minimum atomic E-state index is -0.481. The summed E-state index contributed by atoms with van der Waals surface area (Å²) < 4.78 is 6.05. The van der Waals surface area contributed by atoms with Crippen LogP contribution < -0.4 is 10.1 Å². The Morgan fingerprint density at radius 3 is 2.56 bits per heavy atom. The summed E-state index contributed by atoms with van der Waals surface area (Å²) in [5, 5.41) is 3.14. The third-order valence-electron chi connectivity index (χ3n) is 5.51. The maximum atomic E-state index is 12.8. The molecule has 3 rings (SSSR count). The maximum Gasteiger partial charge on any atom is 0.261 e. The molecule has 1 amide bonds. The van der Waals surface area contributed by atoms with Gasteiger partial charge in [-0.05, 0) is 86.8 Å². The molecule has 0 radical (unpaired) electrons. The van der Waals surface area contributed by atoms with Crippen LogP contribution in [0, 0.1) is 13.8 Å². The van der Waals surface area contributed by atoms with E-state index < -0.39 is 6.10 Å². The summed E-state index contributed by atoms with van der Waals surface area (Å²) in [6, 6.07) is 12.7. The fourth-order valence-electron chi connectivity index (χ4n) is 3.72. The Kier molecular flexibility index (Phi) is 6.20. The van der Waals surface area contributed by atoms with Crippen molar-refractivity contribution in [3.63, 3.8) is 0 Å². The highest BCUT2D eigenvalue weighted by molar-refractivity contribution is 5.81. The Morgan fingerprint density at radius 2 is 1.81 bits per heavy atom. The summed E-state index contributed by atoms with van der Waals surface area (Å²) >= 11 is 0. The van der Waals surface area contributed by atoms with Gasteiger partial charge in [-0.15, -0.1) is 0 Å². The van der Waals surface area contributed by atoms with E-state index in [1.807, 2.05) is 39.8 Å². The van der Waals surface area contributed by atoms with E-state index in [1.54, 1.807) is 0 Å². The summed E-state index contributed by atoms with van der Waals surface area (Å²) in [7, 11) is 0. The minimum Gasteiger partial charge on any atom is -0.480 e. The van der Waals surface area contributed by atoms with Crippen LogP contribution in [-0.4, -0.2) is 12.0 Å². The van der Waals surface area contributed by atoms with Gasteiger partial charge in [0.25, 0.3) is 5.91 Å². The average molecular weight is 366 g/mol. The fraction of sp³-hybridized carbons (Fsp3) is 0.458. The molecule has 1 aliphatic carbocycles. The van der Waals surface area contributed by atoms with Gasteiger partial charge in [0.05, 0.1) is 6.04 Å². The smallest absolute Gasteiger partial charge is 0.261 e. The van der Waals surface area contributed by atoms with Crippen LogP contribution in [0.25, 0.3) is 0 Å². The standard InChI is InChI=1S/C24H31NO2/c1-5-22(27-23-14-16(2)10-11-17(23)3)24(26)25-18(4)20-13-12-19-8-6-7-9-21(19)15-20/h10-15,18,22H,5-9H2,1-4H3,(H,25,26)/t18-,22-/m1/s1. The SMILES string of the molecule is CC[C@@H](Oc1cc(C)ccc1C)C(=O)N[C@H](C)c1ccc2c(c1)CCCC2. The number of fused-ring (bicyclic) bond motifs is 1. The van der Waals surface area contributed by atoms with E-state index in [2.05, 4.69) is 29.6 Å². The van der Waals surface area contributed by atoms with Gasteiger partial charge in [-0.25, -0.2) is 0 Å². The minimum absolute atomic E-state index is 0.0269. The van der Waals surface area contributed by atoms with Crippen molar-refractivity contribution in [1.82, 2.24) is 5.32 Å². The van der Waals surface area contributed by atoms with Crippen molar-refractivity contribution in [3.05, 3.63) is 64.2 Å². The van der Waals surface area contributed by atoms with Crippen LogP contribution in [0.2, 0.25) is 0 Å². The van der Waals surface area contributed by atoms with Crippen molar-refractivity contribution >= 4 is 5.91 Å². The van der Waals surface area contributed by atoms with Crippen LogP contribution in [0.4, 0.5) is 0 Å². The number of nitrogens with one attached hydrogen (secondary N) is 1. The molecular formula is C24H31NO2. The van der Waals surface area contributed by atoms with Crippen LogP contribution in [-0.2, 0) is 17.6 Å². The molecule has 0 heterocycles. The molecule has 1 aliphatic rings. The Labute approximate surface area is 163 Å². The summed E-state index contributed by atoms with van der Waals surface area (Å²) in [4.78, 5) is 12.8. The lowest BCUT2D eigenvalue weighted by molar-refractivity contribution is -0.128. The van der Waals surface area contributed by atoms with E-state index in [4.69, 9.17) is 4.74 Å². The molecule has 3 heteroatoms. The van der Waals surface area contributed by atoms with Gasteiger partial charge in [-0.3, -0.25) is 4.79 Å². The van der Waals surface area contributed by atoms with Gasteiger partial charge >= 0.3 is 0 Å². The molecule has 2 aromatic carbocycles. The van der Waals surface area contributed by atoms with Crippen LogP contribution in [0.5, 0.6) is 5.75 Å². The molecule has 27 heavy (non-hydrogen) atoms. The number of hydrogen-bond acceptors (Lipinski definition) is 2. The topological polar surface area (TPSA) is 38.3 Å². The lowest BCUT2D eigenvalue weighted by Crippen LogP contribution is -2.39. The highest BCUT2D eigenvalue weighted by Crippen LogP contribution is 2.25. The zero-order valence-electron chi connectivity index (χ0n) is 17.0. The van der Waals surface area contributed by atoms with E-state index in [9.17, 15) is 4.79 Å². The molecule has 0 aliphatic heterocycles. The zero-order valence-corrected chi connectivity index (χ0v) is 17.0. The molecular weight excluding hydrogens is 334 g/mol. The monoisotopic (exact) mass is 365 g/mol. The Morgan fingerprint density at radius 1 is 1.07 bits per heavy atom. The van der Waals surface area contributed by atoms with Gasteiger partial charge in [0, 0.05) is 0 Å². The normalized spacial score (nSPS) is 15.6. The van der Waals surface area contributed by atoms with Gasteiger partial charge in [-0.2, -0.15) is 0 Å². The van der Waals surface area contributed by atoms with Crippen molar-refractivity contribution < 1.29 is 9.53 Å². The van der Waals surface area contributed by atoms with Crippen LogP contribution >= 0.6 is 0 Å². The molecule has 1 N–H and O–H groups in total. The number of carbonyl (C=O) groups excluding carboxylic acids is 1. The number of carbonyl (C=O) groups is 1. The van der Waals surface area contributed by atoms with Gasteiger partial charge in [0.1, 0.15) is 5.75 Å². The molecule has 144 valence electrons. The Balaban J connectivity index is 1.68. The number of rotatable bonds is 6. The number of ether oxygens (including phenoxy) is 1. The van der Waals surface area contributed by atoms with E-state index in [0.717, 1.165) is 23.3 Å². The van der Waals surface area contributed by atoms with Crippen LogP contribution in [0.1, 0.15) is 67.0 Å². The zero-order chi connectivity index (χ0) is 19.4. The molecule has 0 saturated heterocycles. The third-order valence-corrected chi connectivity index (χ3v) is 5.51. The Bertz CT molecular complexity index is 812.